The van der Waals surface area contributed by atoms with Crippen LogP contribution in [0.2, 0.25) is 0 Å². The minimum atomic E-state index is 0.223. The van der Waals surface area contributed by atoms with E-state index in [2.05, 4.69) is 64.7 Å². The average Bonchev–Trinajstić information content (AvgIpc) is 2.67. The second-order valence-electron chi connectivity index (χ2n) is 9.46. The molecule has 0 amide bonds. The third kappa shape index (κ3) is 11.9. The first kappa shape index (κ1) is 25.5. The summed E-state index contributed by atoms with van der Waals surface area (Å²) in [5, 5.41) is 9.37. The molecule has 0 aromatic rings. The Hall–Kier alpha value is -1.50. The van der Waals surface area contributed by atoms with Crippen LogP contribution >= 0.6 is 0 Å². The fourth-order valence-electron chi connectivity index (χ4n) is 3.84. The number of unbranched alkanes of at least 4 members (excludes halogenated alkanes) is 1. The van der Waals surface area contributed by atoms with Crippen LogP contribution in [0.5, 0.6) is 0 Å². The number of aliphatic hydroxyl groups is 1. The molecule has 1 aliphatic rings. The first-order valence-electron chi connectivity index (χ1n) is 11.8. The van der Waals surface area contributed by atoms with E-state index in [1.165, 1.54) is 49.7 Å². The summed E-state index contributed by atoms with van der Waals surface area (Å²) in [7, 11) is 0. The van der Waals surface area contributed by atoms with Gasteiger partial charge in [-0.25, -0.2) is 0 Å². The van der Waals surface area contributed by atoms with Crippen molar-refractivity contribution in [1.82, 2.24) is 0 Å². The second kappa shape index (κ2) is 14.5. The van der Waals surface area contributed by atoms with Gasteiger partial charge in [0.25, 0.3) is 0 Å². The van der Waals surface area contributed by atoms with Gasteiger partial charge in [-0.2, -0.15) is 0 Å². The van der Waals surface area contributed by atoms with E-state index in [0.717, 1.165) is 31.6 Å². The molecule has 0 saturated carbocycles. The summed E-state index contributed by atoms with van der Waals surface area (Å²) < 4.78 is 0. The van der Waals surface area contributed by atoms with Crippen LogP contribution < -0.4 is 0 Å². The molecule has 0 saturated heterocycles. The van der Waals surface area contributed by atoms with Gasteiger partial charge in [-0.15, -0.1) is 0 Å². The summed E-state index contributed by atoms with van der Waals surface area (Å²) in [5.74, 6) is 2.07. The van der Waals surface area contributed by atoms with Crippen molar-refractivity contribution in [2.45, 2.75) is 98.8 Å². The molecule has 1 rings (SSSR count). The number of aliphatic hydroxyl groups excluding tert-OH is 1. The van der Waals surface area contributed by atoms with Gasteiger partial charge >= 0.3 is 0 Å². The summed E-state index contributed by atoms with van der Waals surface area (Å²) in [6.45, 7) is 14.9. The molecular formula is C28H46O. The maximum Gasteiger partial charge on any atom is 0.0879 e. The molecule has 1 aliphatic carbocycles. The molecule has 29 heavy (non-hydrogen) atoms. The van der Waals surface area contributed by atoms with E-state index >= 15 is 0 Å². The Kier molecular flexibility index (Phi) is 12.7. The molecule has 0 aliphatic heterocycles. The molecule has 0 aromatic carbocycles. The van der Waals surface area contributed by atoms with Crippen molar-refractivity contribution in [3.63, 3.8) is 0 Å². The summed E-state index contributed by atoms with van der Waals surface area (Å²) in [6, 6.07) is 0. The Morgan fingerprint density at radius 3 is 2.59 bits per heavy atom. The van der Waals surface area contributed by atoms with E-state index in [0.29, 0.717) is 11.7 Å². The third-order valence-electron chi connectivity index (χ3n) is 6.47. The summed E-state index contributed by atoms with van der Waals surface area (Å²) in [5.41, 5.74) is 4.58. The van der Waals surface area contributed by atoms with Crippen LogP contribution in [0, 0.1) is 17.8 Å². The van der Waals surface area contributed by atoms with Crippen molar-refractivity contribution >= 4 is 0 Å². The highest BCUT2D eigenvalue weighted by molar-refractivity contribution is 5.26. The third-order valence-corrected chi connectivity index (χ3v) is 6.47. The first-order valence-corrected chi connectivity index (χ1v) is 11.8. The van der Waals surface area contributed by atoms with Gasteiger partial charge in [0, 0.05) is 5.92 Å². The lowest BCUT2D eigenvalue weighted by Crippen LogP contribution is -2.02. The zero-order chi connectivity index (χ0) is 21.6. The Bertz CT molecular complexity index is 602. The lowest BCUT2D eigenvalue weighted by molar-refractivity contribution is 0.330. The van der Waals surface area contributed by atoms with Gasteiger partial charge in [0.1, 0.15) is 0 Å². The smallest absolute Gasteiger partial charge is 0.0879 e. The SMILES string of the molecule is C=C(O)C(C)CCC/C(C)=C/CCC(C)CCC/C=C/CC1=CC=C(C)C(C)C1. The summed E-state index contributed by atoms with van der Waals surface area (Å²) >= 11 is 0. The van der Waals surface area contributed by atoms with Crippen molar-refractivity contribution in [1.29, 1.82) is 0 Å². The zero-order valence-electron chi connectivity index (χ0n) is 19.8. The van der Waals surface area contributed by atoms with Gasteiger partial charge in [-0.05, 0) is 83.5 Å². The summed E-state index contributed by atoms with van der Waals surface area (Å²) in [4.78, 5) is 0. The Labute approximate surface area is 181 Å². The minimum absolute atomic E-state index is 0.223. The molecule has 1 N–H and O–H groups in total. The molecule has 0 spiro atoms. The number of hydrogen-bond acceptors (Lipinski definition) is 1. The van der Waals surface area contributed by atoms with Gasteiger partial charge in [0.15, 0.2) is 0 Å². The van der Waals surface area contributed by atoms with Gasteiger partial charge in [-0.1, -0.05) is 80.9 Å². The second-order valence-corrected chi connectivity index (χ2v) is 9.46. The number of allylic oxidation sites excluding steroid dienone is 9. The predicted molar refractivity (Wildman–Crippen MR) is 130 cm³/mol. The number of rotatable bonds is 14. The normalized spacial score (nSPS) is 19.8. The highest BCUT2D eigenvalue weighted by Crippen LogP contribution is 2.26. The zero-order valence-corrected chi connectivity index (χ0v) is 19.8. The largest absolute Gasteiger partial charge is 0.513 e. The van der Waals surface area contributed by atoms with E-state index in [1.807, 2.05) is 6.92 Å². The van der Waals surface area contributed by atoms with Crippen LogP contribution in [0.3, 0.4) is 0 Å². The van der Waals surface area contributed by atoms with Crippen molar-refractivity contribution in [3.05, 3.63) is 59.4 Å². The van der Waals surface area contributed by atoms with Crippen LogP contribution in [-0.4, -0.2) is 5.11 Å². The van der Waals surface area contributed by atoms with Crippen molar-refractivity contribution < 1.29 is 5.11 Å². The van der Waals surface area contributed by atoms with Crippen molar-refractivity contribution in [2.75, 3.05) is 0 Å². The molecule has 3 atom stereocenters. The van der Waals surface area contributed by atoms with E-state index < -0.39 is 0 Å². The molecule has 0 radical (unpaired) electrons. The molecule has 1 heteroatoms. The van der Waals surface area contributed by atoms with Gasteiger partial charge in [-0.3, -0.25) is 0 Å². The molecule has 0 fully saturated rings. The van der Waals surface area contributed by atoms with Crippen LogP contribution in [0.25, 0.3) is 0 Å². The first-order chi connectivity index (χ1) is 13.8. The molecular weight excluding hydrogens is 352 g/mol. The van der Waals surface area contributed by atoms with E-state index in [4.69, 9.17) is 0 Å². The Morgan fingerprint density at radius 1 is 1.14 bits per heavy atom. The fourth-order valence-corrected chi connectivity index (χ4v) is 3.84. The van der Waals surface area contributed by atoms with Gasteiger partial charge < -0.3 is 5.11 Å². The predicted octanol–water partition coefficient (Wildman–Crippen LogP) is 9.26. The van der Waals surface area contributed by atoms with Crippen molar-refractivity contribution in [3.8, 4) is 0 Å². The highest BCUT2D eigenvalue weighted by Gasteiger charge is 2.10. The minimum Gasteiger partial charge on any atom is -0.513 e. The maximum absolute atomic E-state index is 9.37. The van der Waals surface area contributed by atoms with Crippen LogP contribution in [0.4, 0.5) is 0 Å². The fraction of sp³-hybridized carbons (Fsp3) is 0.643. The molecule has 0 heterocycles. The quantitative estimate of drug-likeness (QED) is 0.175. The van der Waals surface area contributed by atoms with E-state index in [-0.39, 0.29) is 5.92 Å². The molecule has 0 aromatic heterocycles. The Morgan fingerprint density at radius 2 is 1.90 bits per heavy atom. The van der Waals surface area contributed by atoms with Gasteiger partial charge in [0.2, 0.25) is 0 Å². The van der Waals surface area contributed by atoms with Gasteiger partial charge in [0.05, 0.1) is 5.76 Å². The van der Waals surface area contributed by atoms with Crippen LogP contribution in [0.1, 0.15) is 98.8 Å². The topological polar surface area (TPSA) is 20.2 Å². The lowest BCUT2D eigenvalue weighted by atomic mass is 9.88. The molecule has 164 valence electrons. The maximum atomic E-state index is 9.37. The standard InChI is InChI=1S/C28H46O/c1-22(14-11-15-23(2)16-12-17-25(4)27(6)29)13-9-7-8-10-18-28-20-19-24(3)26(5)21-28/h8,10,15,19-20,22,25-26,29H,6-7,9,11-14,16-18,21H2,1-5H3/b10-8+,23-15+. The van der Waals surface area contributed by atoms with Crippen molar-refractivity contribution in [2.24, 2.45) is 17.8 Å². The Balaban J connectivity index is 2.09. The van der Waals surface area contributed by atoms with Crippen LogP contribution in [0.15, 0.2) is 59.4 Å². The highest BCUT2D eigenvalue weighted by atomic mass is 16.3. The lowest BCUT2D eigenvalue weighted by Gasteiger charge is -2.18. The number of hydrogen-bond donors (Lipinski definition) is 1. The van der Waals surface area contributed by atoms with Crippen LogP contribution in [-0.2, 0) is 0 Å². The molecule has 0 bridgehead atoms. The average molecular weight is 399 g/mol. The summed E-state index contributed by atoms with van der Waals surface area (Å²) in [6.07, 6.45) is 23.8. The molecule has 3 unspecified atom stereocenters. The van der Waals surface area contributed by atoms with E-state index in [9.17, 15) is 5.11 Å². The monoisotopic (exact) mass is 398 g/mol. The molecule has 1 nitrogen and oxygen atoms in total. The van der Waals surface area contributed by atoms with E-state index in [1.54, 1.807) is 5.57 Å².